The molecule has 0 saturated heterocycles. The number of carbonyl (C=O) groups is 1. The number of halogens is 1. The zero-order valence-corrected chi connectivity index (χ0v) is 11.2. The molecule has 4 heteroatoms. The summed E-state index contributed by atoms with van der Waals surface area (Å²) in [4.78, 5) is 11.2. The van der Waals surface area contributed by atoms with Crippen LogP contribution in [0.1, 0.15) is 15.9 Å². The average Bonchev–Trinajstić information content (AvgIpc) is 2.92. The Hall–Kier alpha value is -2.75. The van der Waals surface area contributed by atoms with Gasteiger partial charge in [0, 0.05) is 11.8 Å². The van der Waals surface area contributed by atoms with Gasteiger partial charge in [-0.1, -0.05) is 30.3 Å². The predicted molar refractivity (Wildman–Crippen MR) is 78.6 cm³/mol. The van der Waals surface area contributed by atoms with Gasteiger partial charge in [0.25, 0.3) is 0 Å². The Bertz CT molecular complexity index is 748. The second-order valence-corrected chi connectivity index (χ2v) is 4.74. The van der Waals surface area contributed by atoms with E-state index in [-0.39, 0.29) is 5.82 Å². The standard InChI is InChI=1S/C17H13FN2O/c18-16-8-6-14(7-9-16)17-15(12-21)11-20(19-17)10-13-4-2-1-3-5-13/h1-9,11-12H,10H2. The minimum atomic E-state index is -0.310. The lowest BCUT2D eigenvalue weighted by Gasteiger charge is -2.01. The maximum atomic E-state index is 13.0. The van der Waals surface area contributed by atoms with Gasteiger partial charge in [-0.3, -0.25) is 9.48 Å². The van der Waals surface area contributed by atoms with Crippen LogP contribution in [0.2, 0.25) is 0 Å². The molecule has 0 N–H and O–H groups in total. The molecule has 0 spiro atoms. The van der Waals surface area contributed by atoms with Crippen molar-refractivity contribution in [2.45, 2.75) is 6.54 Å². The SMILES string of the molecule is O=Cc1cn(Cc2ccccc2)nc1-c1ccc(F)cc1. The fraction of sp³-hybridized carbons (Fsp3) is 0.0588. The van der Waals surface area contributed by atoms with E-state index in [9.17, 15) is 9.18 Å². The Labute approximate surface area is 121 Å². The number of hydrogen-bond acceptors (Lipinski definition) is 2. The van der Waals surface area contributed by atoms with E-state index < -0.39 is 0 Å². The second kappa shape index (κ2) is 5.71. The molecule has 2 aromatic carbocycles. The van der Waals surface area contributed by atoms with Crippen molar-refractivity contribution >= 4 is 6.29 Å². The summed E-state index contributed by atoms with van der Waals surface area (Å²) in [6.45, 7) is 0.586. The minimum absolute atomic E-state index is 0.310. The molecule has 0 amide bonds. The highest BCUT2D eigenvalue weighted by Crippen LogP contribution is 2.21. The first-order chi connectivity index (χ1) is 10.3. The van der Waals surface area contributed by atoms with E-state index in [4.69, 9.17) is 0 Å². The minimum Gasteiger partial charge on any atom is -0.298 e. The van der Waals surface area contributed by atoms with Gasteiger partial charge in [0.15, 0.2) is 6.29 Å². The smallest absolute Gasteiger partial charge is 0.153 e. The lowest BCUT2D eigenvalue weighted by molar-refractivity contribution is 0.112. The van der Waals surface area contributed by atoms with Crippen LogP contribution in [0.25, 0.3) is 11.3 Å². The molecular weight excluding hydrogens is 267 g/mol. The summed E-state index contributed by atoms with van der Waals surface area (Å²) in [5.74, 6) is -0.310. The third kappa shape index (κ3) is 2.89. The van der Waals surface area contributed by atoms with Gasteiger partial charge in [-0.2, -0.15) is 5.10 Å². The van der Waals surface area contributed by atoms with Gasteiger partial charge in [0.2, 0.25) is 0 Å². The number of rotatable bonds is 4. The molecule has 3 nitrogen and oxygen atoms in total. The molecule has 0 saturated carbocycles. The van der Waals surface area contributed by atoms with Crippen LogP contribution in [-0.4, -0.2) is 16.1 Å². The number of carbonyl (C=O) groups excluding carboxylic acids is 1. The van der Waals surface area contributed by atoms with Gasteiger partial charge in [-0.25, -0.2) is 4.39 Å². The molecule has 0 aliphatic heterocycles. The largest absolute Gasteiger partial charge is 0.298 e. The molecule has 1 heterocycles. The summed E-state index contributed by atoms with van der Waals surface area (Å²) in [6, 6.07) is 15.8. The highest BCUT2D eigenvalue weighted by atomic mass is 19.1. The Morgan fingerprint density at radius 1 is 1.05 bits per heavy atom. The first kappa shape index (κ1) is 13.2. The summed E-state index contributed by atoms with van der Waals surface area (Å²) in [6.07, 6.45) is 2.48. The summed E-state index contributed by atoms with van der Waals surface area (Å²) in [5, 5.41) is 4.44. The fourth-order valence-electron chi connectivity index (χ4n) is 2.21. The van der Waals surface area contributed by atoms with Gasteiger partial charge in [0.05, 0.1) is 12.1 Å². The first-order valence-electron chi connectivity index (χ1n) is 6.59. The predicted octanol–water partition coefficient (Wildman–Crippen LogP) is 3.55. The van der Waals surface area contributed by atoms with Crippen molar-refractivity contribution in [1.29, 1.82) is 0 Å². The van der Waals surface area contributed by atoms with E-state index in [1.54, 1.807) is 23.0 Å². The fourth-order valence-corrected chi connectivity index (χ4v) is 2.21. The van der Waals surface area contributed by atoms with E-state index in [1.165, 1.54) is 12.1 Å². The van der Waals surface area contributed by atoms with Crippen LogP contribution in [-0.2, 0) is 6.54 Å². The number of nitrogens with zero attached hydrogens (tertiary/aromatic N) is 2. The molecule has 0 aliphatic carbocycles. The highest BCUT2D eigenvalue weighted by molar-refractivity contribution is 5.85. The number of benzene rings is 2. The van der Waals surface area contributed by atoms with E-state index in [0.717, 1.165) is 17.4 Å². The maximum Gasteiger partial charge on any atom is 0.153 e. The van der Waals surface area contributed by atoms with Crippen LogP contribution in [0.3, 0.4) is 0 Å². The molecule has 0 fully saturated rings. The molecule has 3 rings (SSSR count). The van der Waals surface area contributed by atoms with E-state index >= 15 is 0 Å². The third-order valence-corrected chi connectivity index (χ3v) is 3.22. The van der Waals surface area contributed by atoms with Gasteiger partial charge < -0.3 is 0 Å². The molecule has 0 bridgehead atoms. The van der Waals surface area contributed by atoms with E-state index in [2.05, 4.69) is 5.10 Å². The van der Waals surface area contributed by atoms with Gasteiger partial charge in [-0.15, -0.1) is 0 Å². The molecule has 3 aromatic rings. The monoisotopic (exact) mass is 280 g/mol. The Morgan fingerprint density at radius 3 is 2.43 bits per heavy atom. The van der Waals surface area contributed by atoms with Crippen LogP contribution < -0.4 is 0 Å². The van der Waals surface area contributed by atoms with Crippen molar-refractivity contribution in [3.63, 3.8) is 0 Å². The Balaban J connectivity index is 1.95. The summed E-state index contributed by atoms with van der Waals surface area (Å²) < 4.78 is 14.7. The molecule has 0 unspecified atom stereocenters. The summed E-state index contributed by atoms with van der Waals surface area (Å²) >= 11 is 0. The molecular formula is C17H13FN2O. The molecule has 1 aromatic heterocycles. The van der Waals surface area contributed by atoms with Gasteiger partial charge in [0.1, 0.15) is 11.5 Å². The van der Waals surface area contributed by atoms with Crippen molar-refractivity contribution < 1.29 is 9.18 Å². The average molecular weight is 280 g/mol. The molecule has 0 atom stereocenters. The molecule has 0 radical (unpaired) electrons. The molecule has 21 heavy (non-hydrogen) atoms. The summed E-state index contributed by atoms with van der Waals surface area (Å²) in [5.41, 5.74) is 2.90. The Kier molecular flexibility index (Phi) is 3.60. The van der Waals surface area contributed by atoms with E-state index in [1.807, 2.05) is 30.3 Å². The summed E-state index contributed by atoms with van der Waals surface area (Å²) in [7, 11) is 0. The normalized spacial score (nSPS) is 10.5. The van der Waals surface area contributed by atoms with Crippen molar-refractivity contribution in [3.8, 4) is 11.3 Å². The van der Waals surface area contributed by atoms with E-state index in [0.29, 0.717) is 17.8 Å². The van der Waals surface area contributed by atoms with Gasteiger partial charge >= 0.3 is 0 Å². The van der Waals surface area contributed by atoms with Crippen LogP contribution in [0.4, 0.5) is 4.39 Å². The van der Waals surface area contributed by atoms with Crippen LogP contribution >= 0.6 is 0 Å². The zero-order chi connectivity index (χ0) is 14.7. The lowest BCUT2D eigenvalue weighted by Crippen LogP contribution is -2.00. The third-order valence-electron chi connectivity index (χ3n) is 3.22. The molecule has 104 valence electrons. The number of aldehydes is 1. The topological polar surface area (TPSA) is 34.9 Å². The van der Waals surface area contributed by atoms with Crippen molar-refractivity contribution in [1.82, 2.24) is 9.78 Å². The van der Waals surface area contributed by atoms with Crippen molar-refractivity contribution in [3.05, 3.63) is 77.7 Å². The van der Waals surface area contributed by atoms with Crippen LogP contribution in [0.5, 0.6) is 0 Å². The number of aromatic nitrogens is 2. The quantitative estimate of drug-likeness (QED) is 0.685. The number of hydrogen-bond donors (Lipinski definition) is 0. The Morgan fingerprint density at radius 2 is 1.76 bits per heavy atom. The molecule has 0 aliphatic rings. The van der Waals surface area contributed by atoms with Gasteiger partial charge in [-0.05, 0) is 29.8 Å². The van der Waals surface area contributed by atoms with Crippen molar-refractivity contribution in [2.75, 3.05) is 0 Å². The van der Waals surface area contributed by atoms with Crippen LogP contribution in [0, 0.1) is 5.82 Å². The highest BCUT2D eigenvalue weighted by Gasteiger charge is 2.11. The zero-order valence-electron chi connectivity index (χ0n) is 11.2. The second-order valence-electron chi connectivity index (χ2n) is 4.74. The van der Waals surface area contributed by atoms with Crippen molar-refractivity contribution in [2.24, 2.45) is 0 Å². The van der Waals surface area contributed by atoms with Crippen LogP contribution in [0.15, 0.2) is 60.8 Å². The first-order valence-corrected chi connectivity index (χ1v) is 6.59. The lowest BCUT2D eigenvalue weighted by atomic mass is 10.1. The maximum absolute atomic E-state index is 13.0.